The first-order valence-electron chi connectivity index (χ1n) is 4.86. The minimum Gasteiger partial charge on any atom is 2.00 e. The summed E-state index contributed by atoms with van der Waals surface area (Å²) in [6, 6.07) is -0.316. The van der Waals surface area contributed by atoms with E-state index in [2.05, 4.69) is 20.0 Å². The van der Waals surface area contributed by atoms with Gasteiger partial charge in [-0.1, -0.05) is 0 Å². The molecule has 1 amide bonds. The maximum atomic E-state index is 10.5. The summed E-state index contributed by atoms with van der Waals surface area (Å²) < 4.78 is 22.5. The van der Waals surface area contributed by atoms with Gasteiger partial charge >= 0.3 is 51.0 Å². The fraction of sp³-hybridized carbons (Fsp3) is 0.417. The van der Waals surface area contributed by atoms with Gasteiger partial charge in [0, 0.05) is 12.6 Å². The zero-order chi connectivity index (χ0) is 15.7. The fourth-order valence-corrected chi connectivity index (χ4v) is 1.30. The molecule has 109 valence electrons. The van der Waals surface area contributed by atoms with E-state index < -0.39 is 6.10 Å². The molecule has 7 nitrogen and oxygen atoms in total. The van der Waals surface area contributed by atoms with E-state index in [0.29, 0.717) is 13.0 Å². The summed E-state index contributed by atoms with van der Waals surface area (Å²) in [6.45, 7) is 14.0. The van der Waals surface area contributed by atoms with E-state index in [1.54, 1.807) is 25.7 Å². The Bertz CT molecular complexity index is 254. The molecule has 2 N–H and O–H groups in total. The summed E-state index contributed by atoms with van der Waals surface area (Å²) >= 11 is 0. The molecule has 0 bridgehead atoms. The van der Waals surface area contributed by atoms with E-state index in [1.807, 2.05) is 0 Å². The van der Waals surface area contributed by atoms with Crippen LogP contribution in [0.4, 0.5) is 0 Å². The van der Waals surface area contributed by atoms with Crippen LogP contribution >= 0.6 is 0 Å². The Morgan fingerprint density at radius 3 is 1.95 bits per heavy atom. The Morgan fingerprint density at radius 2 is 1.65 bits per heavy atom. The van der Waals surface area contributed by atoms with Crippen LogP contribution in [0.25, 0.3) is 0 Å². The van der Waals surface area contributed by atoms with Crippen molar-refractivity contribution in [1.82, 2.24) is 4.90 Å². The molecule has 0 aromatic heterocycles. The second-order valence-corrected chi connectivity index (χ2v) is 2.92. The number of amides is 1. The van der Waals surface area contributed by atoms with Gasteiger partial charge in [0.15, 0.2) is 0 Å². The Labute approximate surface area is 129 Å². The van der Waals surface area contributed by atoms with Crippen LogP contribution in [0, 0.1) is 39.2 Å². The predicted molar refractivity (Wildman–Crippen MR) is 58.6 cm³/mol. The van der Waals surface area contributed by atoms with Gasteiger partial charge in [-0.2, -0.15) is 6.41 Å². The van der Waals surface area contributed by atoms with Crippen LogP contribution < -0.4 is 0 Å². The first kappa shape index (κ1) is 27.5. The molecule has 1 aliphatic rings. The Kier molecular flexibility index (Phi) is 31.9. The van der Waals surface area contributed by atoms with Crippen LogP contribution in [0.15, 0.2) is 0 Å². The molecular weight excluding hydrogens is 310 g/mol. The Balaban J connectivity index is -0.000000162. The zero-order valence-electron chi connectivity index (χ0n) is 10.3. The van der Waals surface area contributed by atoms with Crippen LogP contribution in [0.3, 0.4) is 0 Å². The van der Waals surface area contributed by atoms with Crippen LogP contribution in [0.5, 0.6) is 0 Å². The predicted octanol–water partition coefficient (Wildman–Crippen LogP) is -1.02. The second kappa shape index (κ2) is 23.2. The monoisotopic (exact) mass is 323 g/mol. The quantitative estimate of drug-likeness (QED) is 0.291. The molecule has 0 aromatic rings. The van der Waals surface area contributed by atoms with Crippen molar-refractivity contribution in [2.45, 2.75) is 18.6 Å². The number of aliphatic hydroxyl groups is 2. The smallest absolute Gasteiger partial charge is 2.00 e. The van der Waals surface area contributed by atoms with Crippen molar-refractivity contribution in [3.8, 4) is 0 Å². The first-order chi connectivity index (χ1) is 9.29. The van der Waals surface area contributed by atoms with E-state index in [0.717, 1.165) is 0 Å². The topological polar surface area (TPSA) is 120 Å². The van der Waals surface area contributed by atoms with Gasteiger partial charge in [-0.25, -0.2) is 0 Å². The molecule has 0 aliphatic heterocycles. The van der Waals surface area contributed by atoms with Crippen molar-refractivity contribution < 1.29 is 46.0 Å². The molecule has 3 radical (unpaired) electrons. The molecule has 20 heavy (non-hydrogen) atoms. The molecule has 0 aromatic carbocycles. The molecule has 2 atom stereocenters. The van der Waals surface area contributed by atoms with Gasteiger partial charge in [0.2, 0.25) is 0 Å². The molecular formula is C12H13FeNO6+. The van der Waals surface area contributed by atoms with Gasteiger partial charge < -0.3 is 19.9 Å². The summed E-state index contributed by atoms with van der Waals surface area (Å²) in [5.74, 6) is 0. The third-order valence-electron chi connectivity index (χ3n) is 2.00. The van der Waals surface area contributed by atoms with Crippen molar-refractivity contribution in [2.75, 3.05) is 13.2 Å². The number of rotatable bonds is 5. The van der Waals surface area contributed by atoms with Crippen molar-refractivity contribution in [3.63, 3.8) is 0 Å². The Hall–Kier alpha value is -0.871. The van der Waals surface area contributed by atoms with E-state index in [4.69, 9.17) is 19.1 Å². The second-order valence-electron chi connectivity index (χ2n) is 2.92. The normalized spacial score (nSPS) is 18.2. The molecule has 0 heterocycles. The van der Waals surface area contributed by atoms with Gasteiger partial charge in [-0.3, -0.25) is 0 Å². The first-order valence-corrected chi connectivity index (χ1v) is 4.86. The van der Waals surface area contributed by atoms with E-state index in [1.165, 1.54) is 4.90 Å². The summed E-state index contributed by atoms with van der Waals surface area (Å²) in [4.78, 5) is 11.9. The third-order valence-corrected chi connectivity index (χ3v) is 2.00. The molecule has 8 heteroatoms. The average Bonchev–Trinajstić information content (AvgIpc) is 2.93. The largest absolute Gasteiger partial charge is 2.00 e. The summed E-state index contributed by atoms with van der Waals surface area (Å²) in [5.41, 5.74) is 0. The molecule has 0 spiro atoms. The summed E-state index contributed by atoms with van der Waals surface area (Å²) in [7, 11) is 0. The van der Waals surface area contributed by atoms with Crippen molar-refractivity contribution >= 4 is 6.41 Å². The Morgan fingerprint density at radius 1 is 1.15 bits per heavy atom. The molecule has 1 rings (SSSR count). The van der Waals surface area contributed by atoms with Crippen LogP contribution in [-0.2, 0) is 35.8 Å². The molecule has 1 aliphatic carbocycles. The maximum Gasteiger partial charge on any atom is 2.00 e. The van der Waals surface area contributed by atoms with E-state index in [9.17, 15) is 9.90 Å². The van der Waals surface area contributed by atoms with Crippen molar-refractivity contribution in [1.29, 1.82) is 0 Å². The van der Waals surface area contributed by atoms with Gasteiger partial charge in [0.25, 0.3) is 0 Å². The molecule has 0 saturated heterocycles. The minimum absolute atomic E-state index is 0. The fourth-order valence-electron chi connectivity index (χ4n) is 1.30. The minimum atomic E-state index is -0.639. The average molecular weight is 323 g/mol. The van der Waals surface area contributed by atoms with Crippen LogP contribution in [-0.4, -0.2) is 46.8 Å². The number of hydrogen-bond acceptors (Lipinski definition) is 3. The van der Waals surface area contributed by atoms with Crippen molar-refractivity contribution in [3.05, 3.63) is 39.2 Å². The van der Waals surface area contributed by atoms with Gasteiger partial charge in [0.1, 0.15) is 0 Å². The SMILES string of the molecule is O=[C-]N(CCCO)[C@@H]1[CH][CH][CH][C@H]1O.[C-]#[O+].[C-]#[O+].[C-]#[O+].[Fe+2]. The number of carbonyl (C=O) groups excluding carboxylic acids is 1. The molecule has 1 saturated carbocycles. The number of nitrogens with zero attached hydrogens (tertiary/aromatic N) is 1. The summed E-state index contributed by atoms with van der Waals surface area (Å²) in [6.07, 6.45) is 6.70. The summed E-state index contributed by atoms with van der Waals surface area (Å²) in [5, 5.41) is 18.0. The zero-order valence-corrected chi connectivity index (χ0v) is 11.4. The van der Waals surface area contributed by atoms with E-state index in [-0.39, 0.29) is 29.7 Å². The molecule has 0 unspecified atom stereocenters. The maximum absolute atomic E-state index is 10.5. The standard InChI is InChI=1S/C9H13NO3.3CO.Fe/c11-6-2-5-10(7-12)8-3-1-4-9(8)13;3*1-2;/h1,3-4,8-9,11,13H,2,5-6H2;;;;/q-1;;;;+2/t8-,9-;;;;/m1..../s1. The number of aliphatic hydroxyl groups excluding tert-OH is 2. The van der Waals surface area contributed by atoms with Gasteiger partial charge in [-0.15, -0.1) is 0 Å². The molecule has 1 fully saturated rings. The third kappa shape index (κ3) is 12.2. The van der Waals surface area contributed by atoms with E-state index >= 15 is 0 Å². The van der Waals surface area contributed by atoms with Crippen LogP contribution in [0.2, 0.25) is 0 Å². The van der Waals surface area contributed by atoms with Gasteiger partial charge in [-0.05, 0) is 32.2 Å². The van der Waals surface area contributed by atoms with Crippen LogP contribution in [0.1, 0.15) is 6.42 Å². The van der Waals surface area contributed by atoms with Gasteiger partial charge in [0.05, 0.1) is 6.10 Å². The number of hydrogen-bond donors (Lipinski definition) is 2. The van der Waals surface area contributed by atoms with Crippen molar-refractivity contribution in [2.24, 2.45) is 0 Å².